The molecule has 2 saturated heterocycles. The molecule has 4 amide bonds. The van der Waals surface area contributed by atoms with Crippen molar-refractivity contribution in [2.75, 3.05) is 19.7 Å². The highest BCUT2D eigenvalue weighted by atomic mass is 16.3. The number of rotatable bonds is 11. The fourth-order valence-electron chi connectivity index (χ4n) is 9.24. The minimum Gasteiger partial charge on any atom is -0.387 e. The number of aromatic amines is 4. The van der Waals surface area contributed by atoms with Crippen LogP contribution in [0.3, 0.4) is 0 Å². The highest BCUT2D eigenvalue weighted by molar-refractivity contribution is 6.00. The lowest BCUT2D eigenvalue weighted by Gasteiger charge is -2.30. The Labute approximate surface area is 352 Å². The van der Waals surface area contributed by atoms with Crippen LogP contribution in [0.15, 0.2) is 60.7 Å². The highest BCUT2D eigenvalue weighted by Crippen LogP contribution is 2.37. The van der Waals surface area contributed by atoms with E-state index < -0.39 is 24.6 Å². The molecular formula is C46H52N10O5. The topological polar surface area (TPSA) is 208 Å². The summed E-state index contributed by atoms with van der Waals surface area (Å²) in [4.78, 5) is 78.8. The molecule has 2 aliphatic heterocycles. The number of benzene rings is 3. The first-order valence-electron chi connectivity index (χ1n) is 21.3. The van der Waals surface area contributed by atoms with Gasteiger partial charge in [-0.3, -0.25) is 19.2 Å². The van der Waals surface area contributed by atoms with Crippen molar-refractivity contribution in [1.29, 1.82) is 0 Å². The number of carbonyl (C=O) groups is 4. The quantitative estimate of drug-likeness (QED) is 0.0785. The second-order valence-corrected chi connectivity index (χ2v) is 17.3. The summed E-state index contributed by atoms with van der Waals surface area (Å²) >= 11 is 0. The van der Waals surface area contributed by atoms with Crippen molar-refractivity contribution in [2.24, 2.45) is 11.8 Å². The maximum atomic E-state index is 13.6. The Kier molecular flexibility index (Phi) is 10.4. The minimum atomic E-state index is -0.728. The average Bonchev–Trinajstić information content (AvgIpc) is 4.09. The number of nitrogens with one attached hydrogen (secondary N) is 6. The number of amides is 4. The van der Waals surface area contributed by atoms with E-state index in [2.05, 4.69) is 73.0 Å². The van der Waals surface area contributed by atoms with Crippen molar-refractivity contribution < 1.29 is 24.3 Å². The van der Waals surface area contributed by atoms with Crippen molar-refractivity contribution in [3.05, 3.63) is 72.3 Å². The lowest BCUT2D eigenvalue weighted by Crippen LogP contribution is -2.51. The summed E-state index contributed by atoms with van der Waals surface area (Å²) < 4.78 is 0. The molecule has 0 saturated carbocycles. The molecule has 61 heavy (non-hydrogen) atoms. The summed E-state index contributed by atoms with van der Waals surface area (Å²) in [6, 6.07) is 19.2. The van der Waals surface area contributed by atoms with Gasteiger partial charge in [0.05, 0.1) is 34.2 Å². The first-order chi connectivity index (χ1) is 29.3. The second-order valence-electron chi connectivity index (χ2n) is 17.3. The number of nitrogens with zero attached hydrogens (tertiary/aromatic N) is 4. The van der Waals surface area contributed by atoms with Gasteiger partial charge in [0, 0.05) is 64.3 Å². The summed E-state index contributed by atoms with van der Waals surface area (Å²) in [5.74, 6) is 0.275. The molecule has 15 nitrogen and oxygen atoms in total. The molecule has 2 fully saturated rings. The maximum absolute atomic E-state index is 13.6. The predicted octanol–water partition coefficient (Wildman–Crippen LogP) is 6.36. The zero-order valence-corrected chi connectivity index (χ0v) is 35.1. The highest BCUT2D eigenvalue weighted by Gasteiger charge is 2.38. The van der Waals surface area contributed by atoms with Crippen LogP contribution in [0.2, 0.25) is 0 Å². The van der Waals surface area contributed by atoms with Crippen molar-refractivity contribution in [3.8, 4) is 22.5 Å². The molecule has 4 atom stereocenters. The molecule has 7 aromatic rings. The van der Waals surface area contributed by atoms with E-state index in [9.17, 15) is 24.3 Å². The van der Waals surface area contributed by atoms with Gasteiger partial charge in [-0.1, -0.05) is 39.8 Å². The van der Waals surface area contributed by atoms with Crippen LogP contribution >= 0.6 is 0 Å². The molecular weight excluding hydrogens is 773 g/mol. The molecule has 316 valence electrons. The summed E-state index contributed by atoms with van der Waals surface area (Å²) in [6.45, 7) is 9.63. The van der Waals surface area contributed by atoms with Crippen LogP contribution in [0.5, 0.6) is 0 Å². The Hall–Kier alpha value is -6.48. The van der Waals surface area contributed by atoms with Crippen LogP contribution in [0.25, 0.3) is 66.4 Å². The van der Waals surface area contributed by atoms with Crippen LogP contribution in [0.1, 0.15) is 84.0 Å². The molecule has 0 spiro atoms. The van der Waals surface area contributed by atoms with Crippen LogP contribution < -0.4 is 10.6 Å². The molecule has 2 unspecified atom stereocenters. The van der Waals surface area contributed by atoms with Crippen LogP contribution in [0, 0.1) is 11.8 Å². The summed E-state index contributed by atoms with van der Waals surface area (Å²) in [5.41, 5.74) is 9.36. The van der Waals surface area contributed by atoms with Gasteiger partial charge in [0.15, 0.2) is 0 Å². The Bertz CT molecular complexity index is 2780. The Morgan fingerprint density at radius 1 is 0.656 bits per heavy atom. The number of H-pyrrole nitrogens is 4. The summed E-state index contributed by atoms with van der Waals surface area (Å²) in [5, 5.41) is 17.0. The van der Waals surface area contributed by atoms with Crippen molar-refractivity contribution in [3.63, 3.8) is 0 Å². The lowest BCUT2D eigenvalue weighted by atomic mass is 10.0. The van der Waals surface area contributed by atoms with Gasteiger partial charge >= 0.3 is 0 Å². The molecule has 3 aromatic carbocycles. The van der Waals surface area contributed by atoms with Gasteiger partial charge in [-0.15, -0.1) is 0 Å². The lowest BCUT2D eigenvalue weighted by molar-refractivity contribution is -0.139. The third kappa shape index (κ3) is 7.51. The molecule has 15 heteroatoms. The maximum Gasteiger partial charge on any atom is 0.246 e. The van der Waals surface area contributed by atoms with Crippen molar-refractivity contribution in [1.82, 2.24) is 50.3 Å². The smallest absolute Gasteiger partial charge is 0.246 e. The van der Waals surface area contributed by atoms with Gasteiger partial charge in [0.2, 0.25) is 23.6 Å². The molecule has 6 heterocycles. The van der Waals surface area contributed by atoms with E-state index in [1.165, 1.54) is 6.92 Å². The summed E-state index contributed by atoms with van der Waals surface area (Å²) in [7, 11) is 0. The van der Waals surface area contributed by atoms with Gasteiger partial charge in [-0.05, 0) is 86.1 Å². The van der Waals surface area contributed by atoms with E-state index in [4.69, 9.17) is 9.97 Å². The van der Waals surface area contributed by atoms with Crippen molar-refractivity contribution in [2.45, 2.75) is 84.5 Å². The van der Waals surface area contributed by atoms with E-state index in [0.29, 0.717) is 13.1 Å². The monoisotopic (exact) mass is 824 g/mol. The van der Waals surface area contributed by atoms with Crippen molar-refractivity contribution >= 4 is 67.5 Å². The van der Waals surface area contributed by atoms with Crippen LogP contribution in [-0.2, 0) is 19.2 Å². The molecule has 9 rings (SSSR count). The van der Waals surface area contributed by atoms with E-state index in [1.807, 2.05) is 50.8 Å². The largest absolute Gasteiger partial charge is 0.387 e. The Morgan fingerprint density at radius 3 is 1.57 bits per heavy atom. The van der Waals surface area contributed by atoms with Gasteiger partial charge in [0.25, 0.3) is 0 Å². The second kappa shape index (κ2) is 15.8. The first kappa shape index (κ1) is 40.0. The van der Waals surface area contributed by atoms with Crippen LogP contribution in [-0.4, -0.2) is 100 Å². The Morgan fingerprint density at radius 2 is 1.13 bits per heavy atom. The number of aliphatic hydroxyl groups excluding tert-OH is 1. The molecule has 2 aliphatic rings. The number of fused-ring (bicyclic) bond motifs is 4. The minimum absolute atomic E-state index is 0.0356. The van der Waals surface area contributed by atoms with Gasteiger partial charge < -0.3 is 45.5 Å². The van der Waals surface area contributed by atoms with E-state index >= 15 is 0 Å². The predicted molar refractivity (Wildman–Crippen MR) is 234 cm³/mol. The molecule has 4 aromatic heterocycles. The zero-order valence-electron chi connectivity index (χ0n) is 35.1. The zero-order chi connectivity index (χ0) is 42.7. The van der Waals surface area contributed by atoms with Crippen LogP contribution in [0.4, 0.5) is 0 Å². The average molecular weight is 825 g/mol. The fourth-order valence-corrected chi connectivity index (χ4v) is 9.24. The SMILES string of the molecule is CC(=O)N[C@@H](C(=O)N1CCCC1c1nc2ccc(-c3cc4cc5cc(-c6ccc7nc(C8CCCN8C(=O)[C@@H](NC(=O)CO)C(C)C)[nH]c7c6)[nH]c5cc4[nH]3)cc2[nH]1)C(C)C. The number of hydrogen-bond donors (Lipinski definition) is 7. The molecule has 0 radical (unpaired) electrons. The van der Waals surface area contributed by atoms with E-state index in [1.54, 1.807) is 4.90 Å². The number of carbonyl (C=O) groups excluding carboxylic acids is 4. The molecule has 7 N–H and O–H groups in total. The van der Waals surface area contributed by atoms with E-state index in [0.717, 1.165) is 104 Å². The normalized spacial score (nSPS) is 18.0. The third-order valence-corrected chi connectivity index (χ3v) is 12.4. The van der Waals surface area contributed by atoms with E-state index in [-0.39, 0.29) is 41.6 Å². The number of imidazole rings is 2. The van der Waals surface area contributed by atoms with Gasteiger partial charge in [0.1, 0.15) is 30.3 Å². The third-order valence-electron chi connectivity index (χ3n) is 12.4. The fraction of sp³-hybridized carbons (Fsp3) is 0.391. The number of likely N-dealkylation sites (tertiary alicyclic amines) is 2. The molecule has 0 aliphatic carbocycles. The molecule has 0 bridgehead atoms. The number of aliphatic hydroxyl groups is 1. The number of hydrogen-bond acceptors (Lipinski definition) is 7. The number of aromatic nitrogens is 6. The Balaban J connectivity index is 0.933. The van der Waals surface area contributed by atoms with Gasteiger partial charge in [-0.2, -0.15) is 0 Å². The van der Waals surface area contributed by atoms with Gasteiger partial charge in [-0.25, -0.2) is 9.97 Å². The summed E-state index contributed by atoms with van der Waals surface area (Å²) in [6.07, 6.45) is 3.26. The first-order valence-corrected chi connectivity index (χ1v) is 21.3. The standard InChI is InChI=1S/C46H52N10O5/c1-23(2)41(47-25(5)58)45(60)55-14-6-8-38(55)43-50-30-12-10-26(17-36(30)52-43)32-19-28-16-29-20-33(49-35(29)21-34(28)48-32)27-11-13-31-37(18-27)53-44(51-31)39-9-7-15-56(39)46(61)42(24(3)4)54-40(59)22-57/h10-13,16-21,23-24,38-39,41-42,48-49,57H,6-9,14-15,22H2,1-5H3,(H,47,58)(H,50,52)(H,51,53)(H,54,59)/t38?,39?,41-,42+/m1/s1.